The molecule has 0 saturated carbocycles. The number of methoxy groups -OCH3 is 1. The highest BCUT2D eigenvalue weighted by Crippen LogP contribution is 2.43. The summed E-state index contributed by atoms with van der Waals surface area (Å²) >= 11 is 0. The van der Waals surface area contributed by atoms with E-state index in [-0.39, 0.29) is 0 Å². The summed E-state index contributed by atoms with van der Waals surface area (Å²) in [6.07, 6.45) is 9.11. The van der Waals surface area contributed by atoms with E-state index in [4.69, 9.17) is 4.74 Å². The van der Waals surface area contributed by atoms with Crippen LogP contribution in [0, 0.1) is 0 Å². The number of aromatic nitrogens is 3. The van der Waals surface area contributed by atoms with Gasteiger partial charge in [-0.15, -0.1) is 0 Å². The van der Waals surface area contributed by atoms with Gasteiger partial charge in [-0.2, -0.15) is 5.10 Å². The van der Waals surface area contributed by atoms with Crippen LogP contribution in [0.15, 0.2) is 36.9 Å². The quantitative estimate of drug-likeness (QED) is 0.800. The standard InChI is InChI=1S/C20H26N4O2/c1-26-19-8-4-15(5-9-19)16-11-17-6-7-18(12-16)24(17)20(25)3-2-10-23-14-21-13-22-23/h4-5,8-9,13-14,16-18H,2-3,6-7,10-12H2,1H3/t16?,17-,18+. The number of benzene rings is 1. The molecule has 3 atom stereocenters. The van der Waals surface area contributed by atoms with Crippen LogP contribution in [0.2, 0.25) is 0 Å². The SMILES string of the molecule is COc1ccc(C2C[C@H]3CC[C@@H](C2)N3C(=O)CCCn2cncn2)cc1. The van der Waals surface area contributed by atoms with Crippen molar-refractivity contribution in [3.63, 3.8) is 0 Å². The highest BCUT2D eigenvalue weighted by atomic mass is 16.5. The van der Waals surface area contributed by atoms with Crippen LogP contribution >= 0.6 is 0 Å². The molecule has 3 heterocycles. The zero-order chi connectivity index (χ0) is 17.9. The summed E-state index contributed by atoms with van der Waals surface area (Å²) in [5, 5.41) is 4.10. The third-order valence-corrected chi connectivity index (χ3v) is 5.85. The second-order valence-electron chi connectivity index (χ2n) is 7.39. The van der Waals surface area contributed by atoms with E-state index in [1.165, 1.54) is 11.9 Å². The third kappa shape index (κ3) is 3.45. The average molecular weight is 354 g/mol. The Morgan fingerprint density at radius 3 is 2.54 bits per heavy atom. The molecule has 1 amide bonds. The maximum atomic E-state index is 12.8. The summed E-state index contributed by atoms with van der Waals surface area (Å²) in [7, 11) is 1.70. The number of fused-ring (bicyclic) bond motifs is 2. The van der Waals surface area contributed by atoms with Crippen molar-refractivity contribution in [2.24, 2.45) is 0 Å². The molecule has 6 nitrogen and oxygen atoms in total. The fourth-order valence-electron chi connectivity index (χ4n) is 4.60. The normalized spacial score (nSPS) is 24.7. The van der Waals surface area contributed by atoms with Gasteiger partial charge in [0.15, 0.2) is 0 Å². The van der Waals surface area contributed by atoms with E-state index in [2.05, 4.69) is 27.1 Å². The minimum absolute atomic E-state index is 0.311. The fraction of sp³-hybridized carbons (Fsp3) is 0.550. The monoisotopic (exact) mass is 354 g/mol. The van der Waals surface area contributed by atoms with E-state index in [1.54, 1.807) is 18.1 Å². The first-order valence-electron chi connectivity index (χ1n) is 9.52. The number of nitrogens with zero attached hydrogens (tertiary/aromatic N) is 4. The van der Waals surface area contributed by atoms with Crippen LogP contribution in [0.4, 0.5) is 0 Å². The first kappa shape index (κ1) is 17.1. The predicted octanol–water partition coefficient (Wildman–Crippen LogP) is 3.00. The van der Waals surface area contributed by atoms with Crippen LogP contribution in [0.25, 0.3) is 0 Å². The van der Waals surface area contributed by atoms with E-state index < -0.39 is 0 Å². The van der Waals surface area contributed by atoms with Gasteiger partial charge < -0.3 is 9.64 Å². The molecule has 138 valence electrons. The summed E-state index contributed by atoms with van der Waals surface area (Å²) in [6.45, 7) is 0.753. The summed E-state index contributed by atoms with van der Waals surface area (Å²) in [5.41, 5.74) is 1.38. The van der Waals surface area contributed by atoms with Gasteiger partial charge in [-0.05, 0) is 55.7 Å². The lowest BCUT2D eigenvalue weighted by molar-refractivity contribution is -0.136. The van der Waals surface area contributed by atoms with E-state index in [1.807, 2.05) is 12.1 Å². The number of ether oxygens (including phenoxy) is 1. The molecule has 0 spiro atoms. The molecule has 2 aliphatic heterocycles. The molecule has 0 aliphatic carbocycles. The van der Waals surface area contributed by atoms with Gasteiger partial charge >= 0.3 is 0 Å². The minimum atomic E-state index is 0.311. The Labute approximate surface area is 154 Å². The van der Waals surface area contributed by atoms with Crippen LogP contribution in [-0.2, 0) is 11.3 Å². The number of hydrogen-bond acceptors (Lipinski definition) is 4. The summed E-state index contributed by atoms with van der Waals surface area (Å²) in [4.78, 5) is 18.9. The molecule has 1 aromatic heterocycles. The summed E-state index contributed by atoms with van der Waals surface area (Å²) in [5.74, 6) is 1.76. The van der Waals surface area contributed by atoms with Crippen LogP contribution in [0.1, 0.15) is 50.0 Å². The van der Waals surface area contributed by atoms with Gasteiger partial charge in [0, 0.05) is 25.0 Å². The highest BCUT2D eigenvalue weighted by molar-refractivity contribution is 5.77. The van der Waals surface area contributed by atoms with Gasteiger partial charge in [0.05, 0.1) is 7.11 Å². The molecule has 0 N–H and O–H groups in total. The summed E-state index contributed by atoms with van der Waals surface area (Å²) in [6, 6.07) is 9.24. The Morgan fingerprint density at radius 2 is 1.92 bits per heavy atom. The minimum Gasteiger partial charge on any atom is -0.497 e. The molecule has 2 fully saturated rings. The molecule has 6 heteroatoms. The second kappa shape index (κ2) is 7.48. The molecule has 0 radical (unpaired) electrons. The predicted molar refractivity (Wildman–Crippen MR) is 97.9 cm³/mol. The molecule has 2 bridgehead atoms. The van der Waals surface area contributed by atoms with Crippen LogP contribution < -0.4 is 4.74 Å². The second-order valence-corrected chi connectivity index (χ2v) is 7.39. The number of piperidine rings is 1. The van der Waals surface area contributed by atoms with Crippen molar-refractivity contribution in [1.82, 2.24) is 19.7 Å². The molecule has 2 saturated heterocycles. The van der Waals surface area contributed by atoms with Gasteiger partial charge in [0.1, 0.15) is 18.4 Å². The lowest BCUT2D eigenvalue weighted by Crippen LogP contribution is -2.46. The Bertz CT molecular complexity index is 715. The molecule has 1 aromatic carbocycles. The lowest BCUT2D eigenvalue weighted by Gasteiger charge is -2.39. The van der Waals surface area contributed by atoms with Gasteiger partial charge in [-0.25, -0.2) is 4.98 Å². The molecule has 26 heavy (non-hydrogen) atoms. The highest BCUT2D eigenvalue weighted by Gasteiger charge is 2.43. The number of hydrogen-bond donors (Lipinski definition) is 0. The average Bonchev–Trinajstić information content (AvgIpc) is 3.27. The first-order chi connectivity index (χ1) is 12.7. The molecular formula is C20H26N4O2. The lowest BCUT2D eigenvalue weighted by atomic mass is 9.85. The molecule has 1 unspecified atom stereocenters. The Kier molecular flexibility index (Phi) is 4.91. The number of carbonyl (C=O) groups is 1. The maximum Gasteiger partial charge on any atom is 0.223 e. The van der Waals surface area contributed by atoms with E-state index in [0.29, 0.717) is 30.3 Å². The summed E-state index contributed by atoms with van der Waals surface area (Å²) < 4.78 is 7.05. The van der Waals surface area contributed by atoms with Crippen LogP contribution in [-0.4, -0.2) is 44.8 Å². The van der Waals surface area contributed by atoms with Crippen molar-refractivity contribution in [2.75, 3.05) is 7.11 Å². The first-order valence-corrected chi connectivity index (χ1v) is 9.52. The van der Waals surface area contributed by atoms with Crippen molar-refractivity contribution < 1.29 is 9.53 Å². The van der Waals surface area contributed by atoms with Crippen molar-refractivity contribution in [3.8, 4) is 5.75 Å². The zero-order valence-electron chi connectivity index (χ0n) is 15.3. The van der Waals surface area contributed by atoms with Gasteiger partial charge in [-0.3, -0.25) is 9.48 Å². The Hall–Kier alpha value is -2.37. The number of rotatable bonds is 6. The molecule has 4 rings (SSSR count). The zero-order valence-corrected chi connectivity index (χ0v) is 15.3. The van der Waals surface area contributed by atoms with Gasteiger partial charge in [0.25, 0.3) is 0 Å². The number of amides is 1. The Balaban J connectivity index is 1.34. The van der Waals surface area contributed by atoms with E-state index >= 15 is 0 Å². The Morgan fingerprint density at radius 1 is 1.19 bits per heavy atom. The van der Waals surface area contributed by atoms with E-state index in [0.717, 1.165) is 44.4 Å². The van der Waals surface area contributed by atoms with Gasteiger partial charge in [-0.1, -0.05) is 12.1 Å². The molecule has 2 aliphatic rings. The molecule has 2 aromatic rings. The van der Waals surface area contributed by atoms with Crippen LogP contribution in [0.3, 0.4) is 0 Å². The van der Waals surface area contributed by atoms with Gasteiger partial charge in [0.2, 0.25) is 5.91 Å². The third-order valence-electron chi connectivity index (χ3n) is 5.85. The topological polar surface area (TPSA) is 60.2 Å². The molecular weight excluding hydrogens is 328 g/mol. The number of aryl methyl sites for hydroxylation is 1. The maximum absolute atomic E-state index is 12.8. The number of carbonyl (C=O) groups excluding carboxylic acids is 1. The van der Waals surface area contributed by atoms with Crippen LogP contribution in [0.5, 0.6) is 5.75 Å². The van der Waals surface area contributed by atoms with Crippen molar-refractivity contribution in [2.45, 2.75) is 63.1 Å². The van der Waals surface area contributed by atoms with Crippen molar-refractivity contribution in [1.29, 1.82) is 0 Å². The smallest absolute Gasteiger partial charge is 0.223 e. The van der Waals surface area contributed by atoms with Crippen molar-refractivity contribution in [3.05, 3.63) is 42.5 Å². The fourth-order valence-corrected chi connectivity index (χ4v) is 4.60. The largest absolute Gasteiger partial charge is 0.497 e. The van der Waals surface area contributed by atoms with Crippen molar-refractivity contribution >= 4 is 5.91 Å². The van der Waals surface area contributed by atoms with E-state index in [9.17, 15) is 4.79 Å².